The zero-order chi connectivity index (χ0) is 14.3. The van der Waals surface area contributed by atoms with Gasteiger partial charge in [-0.1, -0.05) is 13.3 Å². The van der Waals surface area contributed by atoms with Gasteiger partial charge in [-0.15, -0.1) is 0 Å². The van der Waals surface area contributed by atoms with E-state index in [1.165, 1.54) is 0 Å². The highest BCUT2D eigenvalue weighted by molar-refractivity contribution is 5.81. The van der Waals surface area contributed by atoms with Crippen LogP contribution in [0.4, 0.5) is 0 Å². The third kappa shape index (κ3) is 13.5. The molecule has 0 aromatic rings. The molecule has 0 bridgehead atoms. The normalized spacial score (nSPS) is 12.5. The summed E-state index contributed by atoms with van der Waals surface area (Å²) in [6, 6.07) is 0. The second-order valence-electron chi connectivity index (χ2n) is 4.16. The molecule has 0 saturated heterocycles. The fourth-order valence-corrected chi connectivity index (χ4v) is 1.16. The SMILES string of the molecule is CCCCOCCOCCOCCOC(C)C(=N)N. The Hall–Kier alpha value is -0.690. The number of nitrogens with two attached hydrogens (primary N) is 1. The van der Waals surface area contributed by atoms with Gasteiger partial charge in [0.05, 0.1) is 39.6 Å². The third-order valence-electron chi connectivity index (χ3n) is 2.42. The fourth-order valence-electron chi connectivity index (χ4n) is 1.16. The molecule has 0 aliphatic heterocycles. The first kappa shape index (κ1) is 18.3. The molecule has 0 heterocycles. The van der Waals surface area contributed by atoms with E-state index >= 15 is 0 Å². The summed E-state index contributed by atoms with van der Waals surface area (Å²) in [5.74, 6) is 0.0337. The maximum absolute atomic E-state index is 7.13. The second kappa shape index (κ2) is 13.7. The van der Waals surface area contributed by atoms with Crippen LogP contribution in [0.1, 0.15) is 26.7 Å². The van der Waals surface area contributed by atoms with Crippen molar-refractivity contribution in [2.75, 3.05) is 46.2 Å². The van der Waals surface area contributed by atoms with Crippen LogP contribution in [-0.4, -0.2) is 58.2 Å². The van der Waals surface area contributed by atoms with Crippen molar-refractivity contribution in [3.8, 4) is 0 Å². The molecule has 0 aliphatic carbocycles. The molecule has 0 aromatic heterocycles. The molecule has 0 radical (unpaired) electrons. The lowest BCUT2D eigenvalue weighted by atomic mass is 10.4. The Morgan fingerprint density at radius 2 is 1.42 bits per heavy atom. The minimum atomic E-state index is -0.347. The predicted molar refractivity (Wildman–Crippen MR) is 74.7 cm³/mol. The van der Waals surface area contributed by atoms with Crippen LogP contribution in [0.25, 0.3) is 0 Å². The van der Waals surface area contributed by atoms with Gasteiger partial charge >= 0.3 is 0 Å². The quantitative estimate of drug-likeness (QED) is 0.282. The maximum atomic E-state index is 7.13. The zero-order valence-electron chi connectivity index (χ0n) is 12.2. The second-order valence-corrected chi connectivity index (χ2v) is 4.16. The van der Waals surface area contributed by atoms with E-state index in [0.29, 0.717) is 39.6 Å². The summed E-state index contributed by atoms with van der Waals surface area (Å²) >= 11 is 0. The highest BCUT2D eigenvalue weighted by atomic mass is 16.6. The Morgan fingerprint density at radius 1 is 0.947 bits per heavy atom. The van der Waals surface area contributed by atoms with Crippen LogP contribution in [0.3, 0.4) is 0 Å². The maximum Gasteiger partial charge on any atom is 0.120 e. The van der Waals surface area contributed by atoms with E-state index in [9.17, 15) is 0 Å². The highest BCUT2D eigenvalue weighted by Crippen LogP contribution is 1.90. The summed E-state index contributed by atoms with van der Waals surface area (Å²) in [5, 5.41) is 7.13. The monoisotopic (exact) mass is 276 g/mol. The zero-order valence-corrected chi connectivity index (χ0v) is 12.2. The first-order chi connectivity index (χ1) is 9.18. The number of rotatable bonds is 14. The van der Waals surface area contributed by atoms with Crippen LogP contribution in [0, 0.1) is 5.41 Å². The molecular formula is C13H28N2O4. The highest BCUT2D eigenvalue weighted by Gasteiger charge is 2.03. The number of ether oxygens (including phenoxy) is 4. The van der Waals surface area contributed by atoms with Gasteiger partial charge in [-0.3, -0.25) is 5.41 Å². The van der Waals surface area contributed by atoms with Gasteiger partial charge in [-0.25, -0.2) is 0 Å². The Labute approximate surface area is 116 Å². The molecule has 0 aromatic carbocycles. The van der Waals surface area contributed by atoms with Gasteiger partial charge in [0.25, 0.3) is 0 Å². The van der Waals surface area contributed by atoms with Gasteiger partial charge in [0, 0.05) is 6.61 Å². The van der Waals surface area contributed by atoms with Gasteiger partial charge in [0.2, 0.25) is 0 Å². The van der Waals surface area contributed by atoms with E-state index in [0.717, 1.165) is 19.4 Å². The van der Waals surface area contributed by atoms with Crippen molar-refractivity contribution in [2.24, 2.45) is 5.73 Å². The van der Waals surface area contributed by atoms with Crippen LogP contribution in [0.15, 0.2) is 0 Å². The van der Waals surface area contributed by atoms with E-state index in [4.69, 9.17) is 30.1 Å². The molecule has 0 aliphatic rings. The topological polar surface area (TPSA) is 86.8 Å². The van der Waals surface area contributed by atoms with E-state index < -0.39 is 0 Å². The summed E-state index contributed by atoms with van der Waals surface area (Å²) in [5.41, 5.74) is 5.26. The van der Waals surface area contributed by atoms with E-state index in [2.05, 4.69) is 6.92 Å². The average molecular weight is 276 g/mol. The molecule has 0 amide bonds. The van der Waals surface area contributed by atoms with Crippen LogP contribution >= 0.6 is 0 Å². The molecular weight excluding hydrogens is 248 g/mol. The summed E-state index contributed by atoms with van der Waals surface area (Å²) in [6.07, 6.45) is 1.90. The fraction of sp³-hybridized carbons (Fsp3) is 0.923. The first-order valence-corrected chi connectivity index (χ1v) is 6.87. The number of nitrogens with one attached hydrogen (secondary N) is 1. The first-order valence-electron chi connectivity index (χ1n) is 6.87. The van der Waals surface area contributed by atoms with Gasteiger partial charge in [0.15, 0.2) is 0 Å². The number of hydrogen-bond donors (Lipinski definition) is 2. The van der Waals surface area contributed by atoms with Crippen molar-refractivity contribution in [3.05, 3.63) is 0 Å². The Morgan fingerprint density at radius 3 is 1.89 bits per heavy atom. The predicted octanol–water partition coefficient (Wildman–Crippen LogP) is 1.18. The summed E-state index contributed by atoms with van der Waals surface area (Å²) in [7, 11) is 0. The lowest BCUT2D eigenvalue weighted by molar-refractivity contribution is -0.00596. The largest absolute Gasteiger partial charge is 0.385 e. The Balaban J connectivity index is 3.05. The molecule has 0 spiro atoms. The van der Waals surface area contributed by atoms with Crippen molar-refractivity contribution in [2.45, 2.75) is 32.8 Å². The average Bonchev–Trinajstić information content (AvgIpc) is 2.39. The van der Waals surface area contributed by atoms with Gasteiger partial charge in [-0.05, 0) is 13.3 Å². The minimum Gasteiger partial charge on any atom is -0.385 e. The van der Waals surface area contributed by atoms with Gasteiger partial charge in [-0.2, -0.15) is 0 Å². The van der Waals surface area contributed by atoms with Crippen LogP contribution in [-0.2, 0) is 18.9 Å². The van der Waals surface area contributed by atoms with Crippen LogP contribution in [0.5, 0.6) is 0 Å². The summed E-state index contributed by atoms with van der Waals surface area (Å²) in [6.45, 7) is 7.93. The van der Waals surface area contributed by atoms with Crippen LogP contribution < -0.4 is 5.73 Å². The Kier molecular flexibility index (Phi) is 13.2. The van der Waals surface area contributed by atoms with Crippen molar-refractivity contribution in [3.63, 3.8) is 0 Å². The van der Waals surface area contributed by atoms with Crippen molar-refractivity contribution >= 4 is 5.84 Å². The smallest absolute Gasteiger partial charge is 0.120 e. The van der Waals surface area contributed by atoms with Gasteiger partial charge < -0.3 is 24.7 Å². The van der Waals surface area contributed by atoms with Crippen molar-refractivity contribution < 1.29 is 18.9 Å². The lowest BCUT2D eigenvalue weighted by Crippen LogP contribution is -2.28. The molecule has 6 heteroatoms. The molecule has 3 N–H and O–H groups in total. The number of amidine groups is 1. The van der Waals surface area contributed by atoms with Crippen molar-refractivity contribution in [1.29, 1.82) is 5.41 Å². The Bertz CT molecular complexity index is 215. The van der Waals surface area contributed by atoms with Gasteiger partial charge in [0.1, 0.15) is 11.9 Å². The van der Waals surface area contributed by atoms with E-state index in [1.807, 2.05) is 0 Å². The number of hydrogen-bond acceptors (Lipinski definition) is 5. The molecule has 114 valence electrons. The van der Waals surface area contributed by atoms with E-state index in [-0.39, 0.29) is 11.9 Å². The molecule has 1 atom stereocenters. The third-order valence-corrected chi connectivity index (χ3v) is 2.42. The summed E-state index contributed by atoms with van der Waals surface area (Å²) < 4.78 is 21.2. The molecule has 1 unspecified atom stereocenters. The molecule has 0 saturated carbocycles. The molecule has 0 fully saturated rings. The van der Waals surface area contributed by atoms with Crippen molar-refractivity contribution in [1.82, 2.24) is 0 Å². The number of unbranched alkanes of at least 4 members (excludes halogenated alkanes) is 1. The van der Waals surface area contributed by atoms with E-state index in [1.54, 1.807) is 6.92 Å². The molecule has 0 rings (SSSR count). The standard InChI is InChI=1S/C13H28N2O4/c1-3-4-5-16-6-7-17-8-9-18-10-11-19-12(2)13(14)15/h12H,3-11H2,1-2H3,(H3,14,15). The molecule has 19 heavy (non-hydrogen) atoms. The minimum absolute atomic E-state index is 0.0337. The molecule has 6 nitrogen and oxygen atoms in total. The van der Waals surface area contributed by atoms with Crippen LogP contribution in [0.2, 0.25) is 0 Å². The lowest BCUT2D eigenvalue weighted by Gasteiger charge is -2.11. The summed E-state index contributed by atoms with van der Waals surface area (Å²) in [4.78, 5) is 0.